The number of hydrogen-bond donors (Lipinski definition) is 1. The molecule has 2 aromatic carbocycles. The van der Waals surface area contributed by atoms with Crippen molar-refractivity contribution in [1.82, 2.24) is 0 Å². The second-order valence-electron chi connectivity index (χ2n) is 12.5. The molecule has 0 radical (unpaired) electrons. The van der Waals surface area contributed by atoms with E-state index in [0.717, 1.165) is 59.6 Å². The van der Waals surface area contributed by atoms with E-state index in [0.29, 0.717) is 39.6 Å². The van der Waals surface area contributed by atoms with E-state index in [-0.39, 0.29) is 17.3 Å². The Kier molecular flexibility index (Phi) is 9.11. The molecule has 1 unspecified atom stereocenters. The van der Waals surface area contributed by atoms with Gasteiger partial charge in [-0.05, 0) is 97.2 Å². The quantitative estimate of drug-likeness (QED) is 0.164. The Hall–Kier alpha value is -3.35. The topological polar surface area (TPSA) is 80.0 Å². The summed E-state index contributed by atoms with van der Waals surface area (Å²) in [5.41, 5.74) is 9.92. The Bertz CT molecular complexity index is 1260. The number of nitrogen functional groups attached to an aromatic ring is 1. The number of carbonyl (C=O) groups is 1. The Morgan fingerprint density at radius 1 is 0.762 bits per heavy atom. The van der Waals surface area contributed by atoms with Gasteiger partial charge in [0.25, 0.3) is 0 Å². The van der Waals surface area contributed by atoms with Crippen LogP contribution < -0.4 is 10.5 Å². The van der Waals surface area contributed by atoms with Gasteiger partial charge in [-0.15, -0.1) is 0 Å². The highest BCUT2D eigenvalue weighted by atomic mass is 16.6. The van der Waals surface area contributed by atoms with Gasteiger partial charge in [-0.25, -0.2) is 0 Å². The van der Waals surface area contributed by atoms with E-state index in [1.165, 1.54) is 24.8 Å². The molecular weight excluding hydrogens is 526 g/mol. The summed E-state index contributed by atoms with van der Waals surface area (Å²) < 4.78 is 22.8. The largest absolute Gasteiger partial charge is 0.491 e. The maximum atomic E-state index is 12.9. The molecule has 2 aromatic rings. The lowest BCUT2D eigenvalue weighted by Gasteiger charge is -2.55. The fourth-order valence-corrected chi connectivity index (χ4v) is 7.73. The molecule has 4 saturated carbocycles. The van der Waals surface area contributed by atoms with Crippen LogP contribution >= 0.6 is 0 Å². The summed E-state index contributed by atoms with van der Waals surface area (Å²) in [5.74, 6) is 3.29. The minimum atomic E-state index is -0.193. The molecule has 5 aliphatic rings. The third kappa shape index (κ3) is 6.99. The van der Waals surface area contributed by atoms with Gasteiger partial charge >= 0.3 is 5.97 Å². The fraction of sp³-hybridized carbons (Fsp3) is 0.472. The number of allylic oxidation sites excluding steroid dienone is 6. The predicted molar refractivity (Wildman–Crippen MR) is 165 cm³/mol. The Labute approximate surface area is 249 Å². The molecule has 0 amide bonds. The van der Waals surface area contributed by atoms with E-state index >= 15 is 0 Å². The van der Waals surface area contributed by atoms with Gasteiger partial charge in [0.2, 0.25) is 0 Å². The van der Waals surface area contributed by atoms with Crippen molar-refractivity contribution in [2.24, 2.45) is 23.2 Å². The molecule has 2 N–H and O–H groups in total. The fourth-order valence-electron chi connectivity index (χ4n) is 7.73. The molecule has 4 bridgehead atoms. The second kappa shape index (κ2) is 13.3. The molecule has 7 rings (SSSR count). The molecule has 0 spiro atoms. The molecule has 0 heterocycles. The SMILES string of the molecule is Nc1ccc(C2C=CC=C(c3ccc(OCCOCCOCCOC(=O)C45CC6CC(CC(C6)C4)C5)cc3)C=C2)cc1. The van der Waals surface area contributed by atoms with Gasteiger partial charge in [-0.2, -0.15) is 0 Å². The predicted octanol–water partition coefficient (Wildman–Crippen LogP) is 6.73. The smallest absolute Gasteiger partial charge is 0.312 e. The maximum Gasteiger partial charge on any atom is 0.312 e. The van der Waals surface area contributed by atoms with Crippen molar-refractivity contribution in [3.63, 3.8) is 0 Å². The molecule has 4 fully saturated rings. The first-order valence-corrected chi connectivity index (χ1v) is 15.5. The standard InChI is InChI=1S/C36H43NO5/c37-33-10-6-31(7-11-33)29-2-1-3-30(5-4-29)32-8-12-34(13-9-32)41-18-16-39-14-15-40-17-19-42-35(38)36-23-26-20-27(24-36)22-28(21-26)25-36/h1-13,26-29H,14-25,37H2. The Morgan fingerprint density at radius 2 is 1.38 bits per heavy atom. The van der Waals surface area contributed by atoms with E-state index in [4.69, 9.17) is 24.7 Å². The first kappa shape index (κ1) is 28.8. The minimum Gasteiger partial charge on any atom is -0.491 e. The van der Waals surface area contributed by atoms with E-state index in [2.05, 4.69) is 54.6 Å². The third-order valence-corrected chi connectivity index (χ3v) is 9.39. The zero-order valence-corrected chi connectivity index (χ0v) is 24.4. The zero-order valence-electron chi connectivity index (χ0n) is 24.4. The van der Waals surface area contributed by atoms with Crippen molar-refractivity contribution in [2.75, 3.05) is 45.4 Å². The van der Waals surface area contributed by atoms with Crippen molar-refractivity contribution in [1.29, 1.82) is 0 Å². The van der Waals surface area contributed by atoms with Gasteiger partial charge in [0.15, 0.2) is 0 Å². The number of carbonyl (C=O) groups excluding carboxylic acids is 1. The summed E-state index contributed by atoms with van der Waals surface area (Å²) in [4.78, 5) is 12.9. The Balaban J connectivity index is 0.827. The number of esters is 1. The first-order valence-electron chi connectivity index (χ1n) is 15.5. The van der Waals surface area contributed by atoms with Gasteiger partial charge in [0, 0.05) is 11.6 Å². The molecular formula is C36H43NO5. The number of hydrogen-bond acceptors (Lipinski definition) is 6. The van der Waals surface area contributed by atoms with Crippen LogP contribution in [0.4, 0.5) is 5.69 Å². The molecule has 5 aliphatic carbocycles. The van der Waals surface area contributed by atoms with E-state index in [1.807, 2.05) is 24.3 Å². The lowest BCUT2D eigenvalue weighted by Crippen LogP contribution is -2.50. The van der Waals surface area contributed by atoms with E-state index in [9.17, 15) is 4.79 Å². The van der Waals surface area contributed by atoms with Crippen LogP contribution in [-0.4, -0.2) is 45.6 Å². The highest BCUT2D eigenvalue weighted by Gasteiger charge is 2.55. The summed E-state index contributed by atoms with van der Waals surface area (Å²) in [6, 6.07) is 16.2. The number of anilines is 1. The summed E-state index contributed by atoms with van der Waals surface area (Å²) in [6.45, 7) is 2.64. The van der Waals surface area contributed by atoms with Crippen LogP contribution in [0.25, 0.3) is 5.57 Å². The number of benzene rings is 2. The second-order valence-corrected chi connectivity index (χ2v) is 12.5. The maximum absolute atomic E-state index is 12.9. The van der Waals surface area contributed by atoms with Crippen LogP contribution in [0.1, 0.15) is 55.6 Å². The molecule has 42 heavy (non-hydrogen) atoms. The average molecular weight is 570 g/mol. The lowest BCUT2D eigenvalue weighted by atomic mass is 9.49. The van der Waals surface area contributed by atoms with Crippen LogP contribution in [0.5, 0.6) is 5.75 Å². The number of ether oxygens (including phenoxy) is 4. The van der Waals surface area contributed by atoms with Gasteiger partial charge in [0.05, 0.1) is 31.8 Å². The monoisotopic (exact) mass is 569 g/mol. The Morgan fingerprint density at radius 3 is 2.05 bits per heavy atom. The third-order valence-electron chi connectivity index (χ3n) is 9.39. The first-order chi connectivity index (χ1) is 20.6. The van der Waals surface area contributed by atoms with Crippen LogP contribution in [0, 0.1) is 23.2 Å². The molecule has 0 saturated heterocycles. The van der Waals surface area contributed by atoms with Crippen molar-refractivity contribution in [3.05, 3.63) is 90.0 Å². The molecule has 222 valence electrons. The zero-order chi connectivity index (χ0) is 28.8. The minimum absolute atomic E-state index is 0.0221. The average Bonchev–Trinajstić information content (AvgIpc) is 3.24. The molecule has 1 atom stereocenters. The van der Waals surface area contributed by atoms with Crippen LogP contribution in [-0.2, 0) is 19.0 Å². The van der Waals surface area contributed by atoms with Gasteiger partial charge < -0.3 is 24.7 Å². The number of rotatable bonds is 13. The van der Waals surface area contributed by atoms with Gasteiger partial charge in [-0.1, -0.05) is 54.6 Å². The van der Waals surface area contributed by atoms with E-state index in [1.54, 1.807) is 0 Å². The molecule has 6 heteroatoms. The van der Waals surface area contributed by atoms with Crippen molar-refractivity contribution < 1.29 is 23.7 Å². The van der Waals surface area contributed by atoms with E-state index < -0.39 is 0 Å². The highest BCUT2D eigenvalue weighted by Crippen LogP contribution is 2.60. The summed E-state index contributed by atoms with van der Waals surface area (Å²) >= 11 is 0. The van der Waals surface area contributed by atoms with Crippen LogP contribution in [0.15, 0.2) is 78.9 Å². The van der Waals surface area contributed by atoms with Crippen LogP contribution in [0.3, 0.4) is 0 Å². The van der Waals surface area contributed by atoms with Crippen molar-refractivity contribution in [2.45, 2.75) is 44.4 Å². The molecule has 0 aliphatic heterocycles. The van der Waals surface area contributed by atoms with Crippen molar-refractivity contribution in [3.8, 4) is 5.75 Å². The summed E-state index contributed by atoms with van der Waals surface area (Å²) in [6.07, 6.45) is 17.9. The normalized spacial score (nSPS) is 27.5. The highest BCUT2D eigenvalue weighted by molar-refractivity contribution is 5.78. The molecule has 0 aromatic heterocycles. The summed E-state index contributed by atoms with van der Waals surface area (Å²) in [5, 5.41) is 0. The lowest BCUT2D eigenvalue weighted by molar-refractivity contribution is -0.173. The molecule has 6 nitrogen and oxygen atoms in total. The number of nitrogens with two attached hydrogens (primary N) is 1. The van der Waals surface area contributed by atoms with Crippen LogP contribution in [0.2, 0.25) is 0 Å². The van der Waals surface area contributed by atoms with Crippen molar-refractivity contribution >= 4 is 17.2 Å². The van der Waals surface area contributed by atoms with Gasteiger partial charge in [0.1, 0.15) is 19.0 Å². The summed E-state index contributed by atoms with van der Waals surface area (Å²) in [7, 11) is 0. The van der Waals surface area contributed by atoms with Gasteiger partial charge in [-0.3, -0.25) is 4.79 Å².